The van der Waals surface area contributed by atoms with Crippen molar-refractivity contribution in [2.75, 3.05) is 5.34 Å². The maximum atomic E-state index is 8.25. The van der Waals surface area contributed by atoms with E-state index in [2.05, 4.69) is 243 Å². The summed E-state index contributed by atoms with van der Waals surface area (Å²) in [6, 6.07) is 87.7. The second-order valence-electron chi connectivity index (χ2n) is 13.0. The molecule has 0 saturated carbocycles. The Morgan fingerprint density at radius 1 is 0.257 bits per heavy atom. The van der Waals surface area contributed by atoms with Gasteiger partial charge in [-0.1, -0.05) is 146 Å². The summed E-state index contributed by atoms with van der Waals surface area (Å²) in [6.07, 6.45) is 0. The minimum atomic E-state index is -1.91. The molecule has 70 heavy (non-hydrogen) atoms. The molecule has 0 unspecified atom stereocenters. The molecule has 0 spiro atoms. The third-order valence-electron chi connectivity index (χ3n) is 9.15. The smallest absolute Gasteiger partial charge is 0.356 e. The third kappa shape index (κ3) is 19.6. The van der Waals surface area contributed by atoms with Crippen LogP contribution in [-0.4, -0.2) is 25.7 Å². The molecule has 0 heterocycles. The van der Waals surface area contributed by atoms with Crippen LogP contribution in [-0.2, 0) is 16.8 Å². The van der Waals surface area contributed by atoms with Crippen LogP contribution in [0.5, 0.6) is 0 Å². The molecule has 0 aliphatic heterocycles. The second-order valence-corrected chi connectivity index (χ2v) is 20.6. The number of alkyl halides is 2. The molecule has 8 aromatic carbocycles. The summed E-state index contributed by atoms with van der Waals surface area (Å²) in [7, 11) is -3.81. The van der Waals surface area contributed by atoms with Gasteiger partial charge in [0, 0.05) is 0 Å². The van der Waals surface area contributed by atoms with Gasteiger partial charge in [-0.15, -0.1) is 23.2 Å². The zero-order chi connectivity index (χ0) is 50.9. The maximum absolute atomic E-state index is 8.25. The molecule has 0 fully saturated rings. The fraction of sp³-hybridized carbons (Fsp3) is 0.0204. The van der Waals surface area contributed by atoms with Crippen molar-refractivity contribution in [2.24, 2.45) is 0 Å². The standard InChI is InChI=1S/2C24H20P.CH2Cl2.Co.4NO3/c2*1-5-13-21(14-6-1)25(22-15-7-2-8-16-22,23-17-9-3-10-18-23)24-19-11-4-12-20-24;2-1-3;;4*2-1(3)4/h2*1-20H;1H2;;;;;/q2*+1;;+2;4*-1. The zero-order valence-corrected chi connectivity index (χ0v) is 40.8. The van der Waals surface area contributed by atoms with E-state index in [0.717, 1.165) is 0 Å². The fourth-order valence-corrected chi connectivity index (χ4v) is 15.5. The van der Waals surface area contributed by atoms with Crippen molar-refractivity contribution in [1.82, 2.24) is 0 Å². The molecular formula is C49H42Cl2CoN4O12P2. The number of nitrogens with zero attached hydrogens (tertiary/aromatic N) is 4. The Kier molecular flexibility index (Phi) is 29.3. The van der Waals surface area contributed by atoms with E-state index in [1.807, 2.05) is 0 Å². The van der Waals surface area contributed by atoms with Crippen molar-refractivity contribution >= 4 is 80.2 Å². The van der Waals surface area contributed by atoms with Crippen LogP contribution in [0.1, 0.15) is 0 Å². The molecule has 8 aromatic rings. The summed E-state index contributed by atoms with van der Waals surface area (Å²) >= 11 is 9.53. The first-order valence-corrected chi connectivity index (χ1v) is 24.4. The summed E-state index contributed by atoms with van der Waals surface area (Å²) in [6.45, 7) is 0. The molecule has 0 bridgehead atoms. The Hall–Kier alpha value is -7.49. The van der Waals surface area contributed by atoms with Gasteiger partial charge >= 0.3 is 16.8 Å². The van der Waals surface area contributed by atoms with Gasteiger partial charge in [-0.2, -0.15) is 0 Å². The van der Waals surface area contributed by atoms with E-state index in [0.29, 0.717) is 0 Å². The fourth-order valence-electron chi connectivity index (χ4n) is 7.00. The molecule has 0 saturated heterocycles. The van der Waals surface area contributed by atoms with Crippen LogP contribution in [0.15, 0.2) is 243 Å². The second kappa shape index (κ2) is 33.9. The Balaban J connectivity index is 0.000000510. The Morgan fingerprint density at radius 2 is 0.329 bits per heavy atom. The molecule has 8 rings (SSSR count). The van der Waals surface area contributed by atoms with E-state index < -0.39 is 34.9 Å². The van der Waals surface area contributed by atoms with Crippen molar-refractivity contribution in [3.05, 3.63) is 304 Å². The number of halogens is 2. The van der Waals surface area contributed by atoms with Gasteiger partial charge in [0.25, 0.3) is 0 Å². The average Bonchev–Trinajstić information content (AvgIpc) is 3.35. The Morgan fingerprint density at radius 3 is 0.400 bits per heavy atom. The van der Waals surface area contributed by atoms with Gasteiger partial charge in [0.1, 0.15) is 57.0 Å². The molecule has 0 amide bonds. The predicted octanol–water partition coefficient (Wildman–Crippen LogP) is 9.07. The first-order valence-electron chi connectivity index (χ1n) is 19.8. The van der Waals surface area contributed by atoms with Crippen molar-refractivity contribution in [2.45, 2.75) is 0 Å². The van der Waals surface area contributed by atoms with Crippen LogP contribution in [0.4, 0.5) is 0 Å². The number of hydrogen-bond acceptors (Lipinski definition) is 12. The van der Waals surface area contributed by atoms with Crippen LogP contribution in [0.3, 0.4) is 0 Å². The molecule has 0 atom stereocenters. The molecule has 363 valence electrons. The van der Waals surface area contributed by atoms with Crippen molar-refractivity contribution < 1.29 is 37.1 Å². The minimum absolute atomic E-state index is 0. The van der Waals surface area contributed by atoms with Gasteiger partial charge in [-0.3, -0.25) is 0 Å². The Bertz CT molecular complexity index is 2120. The zero-order valence-electron chi connectivity index (χ0n) is 36.5. The van der Waals surface area contributed by atoms with E-state index >= 15 is 0 Å². The van der Waals surface area contributed by atoms with Gasteiger partial charge in [0.15, 0.2) is 0 Å². The van der Waals surface area contributed by atoms with Crippen LogP contribution in [0, 0.1) is 61.3 Å². The van der Waals surface area contributed by atoms with Crippen LogP contribution < -0.4 is 42.4 Å². The Labute approximate surface area is 424 Å². The maximum Gasteiger partial charge on any atom is 2.00 e. The molecule has 0 aliphatic rings. The summed E-state index contributed by atoms with van der Waals surface area (Å²) in [4.78, 5) is 33.0. The van der Waals surface area contributed by atoms with Crippen LogP contribution in [0.2, 0.25) is 0 Å². The first-order chi connectivity index (χ1) is 33.2. The van der Waals surface area contributed by atoms with E-state index in [9.17, 15) is 0 Å². The summed E-state index contributed by atoms with van der Waals surface area (Å²) < 4.78 is 0. The van der Waals surface area contributed by atoms with Gasteiger partial charge in [0.05, 0.1) is 25.7 Å². The SMILES string of the molecule is ClCCl.O=[N+]([O-])[O-].O=[N+]([O-])[O-].O=[N+]([O-])[O-].O=[N+]([O-])[O-].[Co+2].c1ccc([P+](c2ccccc2)(c2ccccc2)c2ccccc2)cc1.c1ccc([P+](c2ccccc2)(c2ccccc2)c2ccccc2)cc1. The largest absolute Gasteiger partial charge is 2.00 e. The molecule has 0 aromatic heterocycles. The molecule has 0 N–H and O–H groups in total. The number of benzene rings is 8. The monoisotopic (exact) mass is 1070 g/mol. The third-order valence-corrected chi connectivity index (χ3v) is 17.7. The van der Waals surface area contributed by atoms with Gasteiger partial charge in [-0.05, 0) is 97.1 Å². The van der Waals surface area contributed by atoms with E-state index in [1.54, 1.807) is 0 Å². The number of hydrogen-bond donors (Lipinski definition) is 0. The van der Waals surface area contributed by atoms with Crippen LogP contribution in [0.25, 0.3) is 0 Å². The van der Waals surface area contributed by atoms with E-state index in [1.165, 1.54) is 42.4 Å². The summed E-state index contributed by atoms with van der Waals surface area (Å²) in [5, 5.41) is 70.3. The normalized spacial score (nSPS) is 9.63. The van der Waals surface area contributed by atoms with Gasteiger partial charge in [-0.25, -0.2) is 0 Å². The summed E-state index contributed by atoms with van der Waals surface area (Å²) in [5.74, 6) is 0. The van der Waals surface area contributed by atoms with Crippen LogP contribution >= 0.6 is 37.7 Å². The average molecular weight is 1070 g/mol. The molecule has 21 heteroatoms. The molecule has 16 nitrogen and oxygen atoms in total. The molecule has 1 radical (unpaired) electrons. The molecule has 0 aliphatic carbocycles. The van der Waals surface area contributed by atoms with Crippen molar-refractivity contribution in [1.29, 1.82) is 0 Å². The number of rotatable bonds is 8. The van der Waals surface area contributed by atoms with Crippen molar-refractivity contribution in [3.8, 4) is 0 Å². The quantitative estimate of drug-likeness (QED) is 0.0597. The van der Waals surface area contributed by atoms with Crippen molar-refractivity contribution in [3.63, 3.8) is 0 Å². The van der Waals surface area contributed by atoms with E-state index in [4.69, 9.17) is 84.5 Å². The molecular weight excluding hydrogens is 1030 g/mol. The van der Waals surface area contributed by atoms with E-state index in [-0.39, 0.29) is 22.1 Å². The predicted molar refractivity (Wildman–Crippen MR) is 280 cm³/mol. The minimum Gasteiger partial charge on any atom is -0.356 e. The van der Waals surface area contributed by atoms with Gasteiger partial charge in [0.2, 0.25) is 0 Å². The summed E-state index contributed by atoms with van der Waals surface area (Å²) in [5.41, 5.74) is 0. The first kappa shape index (κ1) is 60.5. The topological polar surface area (TPSA) is 265 Å². The van der Waals surface area contributed by atoms with Gasteiger partial charge < -0.3 is 61.3 Å².